The van der Waals surface area contributed by atoms with Crippen LogP contribution in [0.4, 0.5) is 0 Å². The summed E-state index contributed by atoms with van der Waals surface area (Å²) in [5.74, 6) is 0.303. The molecule has 0 aliphatic carbocycles. The third-order valence-electron chi connectivity index (χ3n) is 5.47. The Morgan fingerprint density at radius 3 is 2.26 bits per heavy atom. The van der Waals surface area contributed by atoms with Gasteiger partial charge in [-0.25, -0.2) is 4.31 Å². The maximum absolute atomic E-state index is 13.2. The zero-order valence-electron chi connectivity index (χ0n) is 20.9. The van der Waals surface area contributed by atoms with E-state index in [1.807, 2.05) is 30.3 Å². The fourth-order valence-electron chi connectivity index (χ4n) is 3.79. The molecule has 35 heavy (non-hydrogen) atoms. The van der Waals surface area contributed by atoms with E-state index in [-0.39, 0.29) is 16.5 Å². The highest BCUT2D eigenvalue weighted by atomic mass is 32.3. The van der Waals surface area contributed by atoms with Crippen LogP contribution in [-0.4, -0.2) is 62.9 Å². The van der Waals surface area contributed by atoms with Gasteiger partial charge in [-0.05, 0) is 44.9 Å². The lowest BCUT2D eigenvalue weighted by Crippen LogP contribution is -2.45. The minimum atomic E-state index is -3.50. The quantitative estimate of drug-likeness (QED) is 0.442. The van der Waals surface area contributed by atoms with E-state index in [2.05, 4.69) is 5.32 Å². The molecule has 2 aromatic rings. The second-order valence-corrected chi connectivity index (χ2v) is 11.4. The van der Waals surface area contributed by atoms with Crippen LogP contribution in [0.3, 0.4) is 0 Å². The summed E-state index contributed by atoms with van der Waals surface area (Å²) in [6.07, 6.45) is 0.934. The zero-order valence-corrected chi connectivity index (χ0v) is 21.8. The van der Waals surface area contributed by atoms with Gasteiger partial charge in [-0.2, -0.15) is 0 Å². The minimum Gasteiger partial charge on any atom is -0.494 e. The molecule has 0 unspecified atom stereocenters. The van der Waals surface area contributed by atoms with Crippen molar-refractivity contribution in [1.82, 2.24) is 14.5 Å². The maximum atomic E-state index is 13.2. The molecule has 3 rings (SSSR count). The Labute approximate surface area is 209 Å². The van der Waals surface area contributed by atoms with Crippen molar-refractivity contribution >= 4 is 27.5 Å². The fourth-order valence-corrected chi connectivity index (χ4v) is 5.94. The van der Waals surface area contributed by atoms with Gasteiger partial charge in [0.1, 0.15) is 16.4 Å². The van der Waals surface area contributed by atoms with E-state index in [0.717, 1.165) is 5.56 Å². The number of carbonyl (C=O) groups is 2. The first-order chi connectivity index (χ1) is 16.4. The average molecular weight is 502 g/mol. The van der Waals surface area contributed by atoms with Gasteiger partial charge in [0.2, 0.25) is 5.91 Å². The van der Waals surface area contributed by atoms with E-state index in [0.29, 0.717) is 37.3 Å². The Morgan fingerprint density at radius 2 is 1.69 bits per heavy atom. The minimum absolute atomic E-state index is 0.0389. The van der Waals surface area contributed by atoms with Crippen LogP contribution in [0.5, 0.6) is 5.75 Å². The number of carbonyl (C=O) groups excluding carboxylic acids is 2. The maximum Gasteiger partial charge on any atom is 0.290 e. The number of nitrogens with one attached hydrogen (secondary N) is 1. The molecular weight excluding hydrogens is 466 g/mol. The van der Waals surface area contributed by atoms with Gasteiger partial charge in [0.25, 0.3) is 5.91 Å². The molecule has 0 bridgehead atoms. The number of hydrogen-bond donors (Lipinski definition) is 3. The summed E-state index contributed by atoms with van der Waals surface area (Å²) >= 11 is 0. The Kier molecular flexibility index (Phi) is 8.15. The Hall–Kier alpha value is -3.01. The van der Waals surface area contributed by atoms with Gasteiger partial charge in [0.05, 0.1) is 18.6 Å². The van der Waals surface area contributed by atoms with E-state index >= 15 is 0 Å². The van der Waals surface area contributed by atoms with Crippen molar-refractivity contribution < 1.29 is 23.4 Å². The zero-order chi connectivity index (χ0) is 25.8. The summed E-state index contributed by atoms with van der Waals surface area (Å²) in [6, 6.07) is 16.4. The molecule has 1 heterocycles. The van der Waals surface area contributed by atoms with Gasteiger partial charge in [-0.15, -0.1) is 0 Å². The van der Waals surface area contributed by atoms with Crippen LogP contribution in [0.25, 0.3) is 4.91 Å². The summed E-state index contributed by atoms with van der Waals surface area (Å²) in [6.45, 7) is 6.16. The molecule has 8 nitrogen and oxygen atoms in total. The molecule has 2 aromatic carbocycles. The standard InChI is InChI=1S/C26H35N3O5S/c1-26(2,3)29-25(31)23(24(35(29,32)33)20-10-7-6-8-11-20)27-16-9-17-34-21-14-12-19(13-15-21)18-22(30)28(4)5/h6-8,10-15,27,32-33H,9,16-18H2,1-5H3. The molecule has 0 fully saturated rings. The summed E-state index contributed by atoms with van der Waals surface area (Å²) < 4.78 is 29.2. The third-order valence-corrected chi connectivity index (χ3v) is 7.68. The Balaban J connectivity index is 1.63. The second-order valence-electron chi connectivity index (χ2n) is 9.60. The van der Waals surface area contributed by atoms with Crippen LogP contribution in [0.2, 0.25) is 0 Å². The Bertz CT molecular complexity index is 1080. The molecule has 2 amide bonds. The first-order valence-corrected chi connectivity index (χ1v) is 13.0. The lowest BCUT2D eigenvalue weighted by Gasteiger charge is -2.45. The van der Waals surface area contributed by atoms with Crippen LogP contribution < -0.4 is 10.1 Å². The normalized spacial score (nSPS) is 16.3. The average Bonchev–Trinajstić information content (AvgIpc) is 2.99. The summed E-state index contributed by atoms with van der Waals surface area (Å²) in [5, 5.41) is 3.13. The molecule has 9 heteroatoms. The predicted octanol–water partition coefficient (Wildman–Crippen LogP) is 4.35. The molecule has 3 N–H and O–H groups in total. The van der Waals surface area contributed by atoms with Gasteiger partial charge >= 0.3 is 0 Å². The summed E-state index contributed by atoms with van der Waals surface area (Å²) in [7, 11) is -0.0362. The highest BCUT2D eigenvalue weighted by Crippen LogP contribution is 2.63. The van der Waals surface area contributed by atoms with Crippen molar-refractivity contribution in [2.24, 2.45) is 0 Å². The van der Waals surface area contributed by atoms with Gasteiger partial charge in [-0.1, -0.05) is 53.2 Å². The van der Waals surface area contributed by atoms with Crippen molar-refractivity contribution in [3.63, 3.8) is 0 Å². The van der Waals surface area contributed by atoms with Crippen molar-refractivity contribution in [1.29, 1.82) is 0 Å². The van der Waals surface area contributed by atoms with Gasteiger partial charge in [0, 0.05) is 26.2 Å². The second kappa shape index (κ2) is 10.7. The molecule has 1 aliphatic rings. The van der Waals surface area contributed by atoms with Crippen LogP contribution in [-0.2, 0) is 16.0 Å². The van der Waals surface area contributed by atoms with E-state index < -0.39 is 22.2 Å². The van der Waals surface area contributed by atoms with Crippen molar-refractivity contribution in [2.75, 3.05) is 27.2 Å². The van der Waals surface area contributed by atoms with Crippen molar-refractivity contribution in [3.05, 3.63) is 71.4 Å². The largest absolute Gasteiger partial charge is 0.494 e. The van der Waals surface area contributed by atoms with Crippen LogP contribution >= 0.6 is 10.8 Å². The smallest absolute Gasteiger partial charge is 0.290 e. The van der Waals surface area contributed by atoms with E-state index in [4.69, 9.17) is 4.74 Å². The number of likely N-dealkylation sites (N-methyl/N-ethyl adjacent to an activating group) is 1. The third kappa shape index (κ3) is 6.17. The number of nitrogens with zero attached hydrogens (tertiary/aromatic N) is 2. The summed E-state index contributed by atoms with van der Waals surface area (Å²) in [5.41, 5.74) is 0.951. The molecule has 190 valence electrons. The molecule has 0 spiro atoms. The van der Waals surface area contributed by atoms with Crippen LogP contribution in [0.15, 0.2) is 60.3 Å². The molecule has 0 radical (unpaired) electrons. The highest BCUT2D eigenvalue weighted by molar-refractivity contribution is 8.31. The van der Waals surface area contributed by atoms with E-state index in [1.54, 1.807) is 64.0 Å². The lowest BCUT2D eigenvalue weighted by atomic mass is 10.1. The van der Waals surface area contributed by atoms with Gasteiger partial charge in [-0.3, -0.25) is 18.7 Å². The molecule has 0 aromatic heterocycles. The summed E-state index contributed by atoms with van der Waals surface area (Å²) in [4.78, 5) is 26.8. The molecular formula is C26H35N3O5S. The fraction of sp³-hybridized carbons (Fsp3) is 0.385. The van der Waals surface area contributed by atoms with Crippen molar-refractivity contribution in [2.45, 2.75) is 39.2 Å². The lowest BCUT2D eigenvalue weighted by molar-refractivity contribution is -0.128. The molecule has 0 saturated heterocycles. The van der Waals surface area contributed by atoms with Crippen molar-refractivity contribution in [3.8, 4) is 5.75 Å². The number of hydrogen-bond acceptors (Lipinski definition) is 6. The van der Waals surface area contributed by atoms with Crippen LogP contribution in [0.1, 0.15) is 38.3 Å². The van der Waals surface area contributed by atoms with Crippen LogP contribution in [0, 0.1) is 0 Å². The van der Waals surface area contributed by atoms with Gasteiger partial charge in [0.15, 0.2) is 0 Å². The molecule has 0 saturated carbocycles. The number of amides is 2. The SMILES string of the molecule is CN(C)C(=O)Cc1ccc(OCCCNC2=C(c3ccccc3)S(O)(O)N(C(C)(C)C)C2=O)cc1. The van der Waals surface area contributed by atoms with Gasteiger partial charge < -0.3 is 15.0 Å². The predicted molar refractivity (Wildman–Crippen MR) is 140 cm³/mol. The topological polar surface area (TPSA) is 102 Å². The first-order valence-electron chi connectivity index (χ1n) is 11.5. The number of rotatable bonds is 9. The molecule has 0 atom stereocenters. The van der Waals surface area contributed by atoms with E-state index in [1.165, 1.54) is 4.31 Å². The first kappa shape index (κ1) is 26.6. The molecule has 1 aliphatic heterocycles. The van der Waals surface area contributed by atoms with E-state index in [9.17, 15) is 18.7 Å². The number of benzene rings is 2. The monoisotopic (exact) mass is 501 g/mol. The highest BCUT2D eigenvalue weighted by Gasteiger charge is 2.49. The Morgan fingerprint density at radius 1 is 1.06 bits per heavy atom. The number of ether oxygens (including phenoxy) is 1.